The zero-order chi connectivity index (χ0) is 14.4. The zero-order valence-corrected chi connectivity index (χ0v) is 12.8. The SMILES string of the molecule is CCCCNc1nc(C)cn1-c1ccccc1CCC. The van der Waals surface area contributed by atoms with Crippen LogP contribution in [-0.2, 0) is 6.42 Å². The monoisotopic (exact) mass is 271 g/mol. The highest BCUT2D eigenvalue weighted by Gasteiger charge is 2.10. The number of rotatable bonds is 7. The van der Waals surface area contributed by atoms with Gasteiger partial charge >= 0.3 is 0 Å². The Morgan fingerprint density at radius 1 is 1.15 bits per heavy atom. The predicted molar refractivity (Wildman–Crippen MR) is 85.7 cm³/mol. The lowest BCUT2D eigenvalue weighted by Crippen LogP contribution is -2.08. The third kappa shape index (κ3) is 3.41. The van der Waals surface area contributed by atoms with E-state index in [1.54, 1.807) is 0 Å². The summed E-state index contributed by atoms with van der Waals surface area (Å²) in [7, 11) is 0. The van der Waals surface area contributed by atoms with E-state index >= 15 is 0 Å². The van der Waals surface area contributed by atoms with Gasteiger partial charge in [-0.2, -0.15) is 0 Å². The first-order valence-electron chi connectivity index (χ1n) is 7.64. The van der Waals surface area contributed by atoms with Crippen LogP contribution in [0, 0.1) is 6.92 Å². The number of anilines is 1. The molecule has 0 amide bonds. The van der Waals surface area contributed by atoms with E-state index in [9.17, 15) is 0 Å². The fourth-order valence-electron chi connectivity index (χ4n) is 2.41. The molecule has 1 heterocycles. The Bertz CT molecular complexity index is 543. The van der Waals surface area contributed by atoms with E-state index in [1.165, 1.54) is 24.1 Å². The minimum atomic E-state index is 0.958. The van der Waals surface area contributed by atoms with Gasteiger partial charge in [0, 0.05) is 12.7 Å². The van der Waals surface area contributed by atoms with Crippen molar-refractivity contribution in [3.05, 3.63) is 41.7 Å². The van der Waals surface area contributed by atoms with Crippen LogP contribution in [0.25, 0.3) is 5.69 Å². The molecule has 0 fully saturated rings. The number of nitrogens with zero attached hydrogens (tertiary/aromatic N) is 2. The van der Waals surface area contributed by atoms with Gasteiger partial charge in [0.05, 0.1) is 11.4 Å². The minimum Gasteiger partial charge on any atom is -0.355 e. The average Bonchev–Trinajstić information content (AvgIpc) is 2.81. The topological polar surface area (TPSA) is 29.9 Å². The number of para-hydroxylation sites is 1. The van der Waals surface area contributed by atoms with Crippen molar-refractivity contribution in [3.8, 4) is 5.69 Å². The largest absolute Gasteiger partial charge is 0.355 e. The molecule has 1 N–H and O–H groups in total. The molecule has 20 heavy (non-hydrogen) atoms. The Kier molecular flexibility index (Phi) is 5.22. The standard InChI is InChI=1S/C17H25N3/c1-4-6-12-18-17-19-14(3)13-20(17)16-11-8-7-10-15(16)9-5-2/h7-8,10-11,13H,4-6,9,12H2,1-3H3,(H,18,19). The molecule has 0 saturated heterocycles. The molecule has 108 valence electrons. The van der Waals surface area contributed by atoms with E-state index in [0.717, 1.165) is 31.0 Å². The average molecular weight is 271 g/mol. The summed E-state index contributed by atoms with van der Waals surface area (Å²) >= 11 is 0. The van der Waals surface area contributed by atoms with Crippen LogP contribution >= 0.6 is 0 Å². The van der Waals surface area contributed by atoms with Gasteiger partial charge in [0.2, 0.25) is 5.95 Å². The molecular formula is C17H25N3. The second kappa shape index (κ2) is 7.13. The highest BCUT2D eigenvalue weighted by atomic mass is 15.2. The second-order valence-electron chi connectivity index (χ2n) is 5.23. The number of hydrogen-bond donors (Lipinski definition) is 1. The predicted octanol–water partition coefficient (Wildman–Crippen LogP) is 4.35. The van der Waals surface area contributed by atoms with Crippen LogP contribution in [-0.4, -0.2) is 16.1 Å². The van der Waals surface area contributed by atoms with Gasteiger partial charge in [0.1, 0.15) is 0 Å². The molecule has 0 aliphatic heterocycles. The lowest BCUT2D eigenvalue weighted by atomic mass is 10.1. The summed E-state index contributed by atoms with van der Waals surface area (Å²) in [5.41, 5.74) is 3.68. The molecule has 3 heteroatoms. The number of hydrogen-bond acceptors (Lipinski definition) is 2. The first kappa shape index (κ1) is 14.6. The number of aryl methyl sites for hydroxylation is 2. The Morgan fingerprint density at radius 3 is 2.70 bits per heavy atom. The van der Waals surface area contributed by atoms with E-state index in [1.807, 2.05) is 6.92 Å². The lowest BCUT2D eigenvalue weighted by Gasteiger charge is -2.13. The van der Waals surface area contributed by atoms with E-state index in [0.29, 0.717) is 0 Å². The summed E-state index contributed by atoms with van der Waals surface area (Å²) in [5.74, 6) is 0.958. The quantitative estimate of drug-likeness (QED) is 0.759. The van der Waals surface area contributed by atoms with Gasteiger partial charge in [-0.25, -0.2) is 4.98 Å². The number of imidazole rings is 1. The molecule has 0 aliphatic rings. The molecule has 0 radical (unpaired) electrons. The third-order valence-electron chi connectivity index (χ3n) is 3.41. The maximum absolute atomic E-state index is 4.61. The van der Waals surface area contributed by atoms with E-state index < -0.39 is 0 Å². The van der Waals surface area contributed by atoms with Gasteiger partial charge in [0.25, 0.3) is 0 Å². The Labute approximate surface area is 122 Å². The molecule has 0 atom stereocenters. The van der Waals surface area contributed by atoms with Crippen molar-refractivity contribution in [1.29, 1.82) is 0 Å². The maximum Gasteiger partial charge on any atom is 0.207 e. The van der Waals surface area contributed by atoms with Gasteiger partial charge in [-0.3, -0.25) is 4.57 Å². The molecule has 0 aliphatic carbocycles. The van der Waals surface area contributed by atoms with Crippen molar-refractivity contribution in [2.75, 3.05) is 11.9 Å². The van der Waals surface area contributed by atoms with Crippen molar-refractivity contribution >= 4 is 5.95 Å². The van der Waals surface area contributed by atoms with Crippen LogP contribution in [0.1, 0.15) is 44.4 Å². The highest BCUT2D eigenvalue weighted by Crippen LogP contribution is 2.21. The summed E-state index contributed by atoms with van der Waals surface area (Å²) in [5, 5.41) is 3.45. The van der Waals surface area contributed by atoms with Crippen LogP contribution in [0.5, 0.6) is 0 Å². The molecular weight excluding hydrogens is 246 g/mol. The van der Waals surface area contributed by atoms with E-state index in [2.05, 4.69) is 59.2 Å². The van der Waals surface area contributed by atoms with Crippen LogP contribution in [0.2, 0.25) is 0 Å². The molecule has 2 rings (SSSR count). The van der Waals surface area contributed by atoms with Crippen molar-refractivity contribution < 1.29 is 0 Å². The highest BCUT2D eigenvalue weighted by molar-refractivity contribution is 5.48. The van der Waals surface area contributed by atoms with Gasteiger partial charge in [-0.05, 0) is 31.4 Å². The number of aromatic nitrogens is 2. The van der Waals surface area contributed by atoms with Crippen molar-refractivity contribution in [1.82, 2.24) is 9.55 Å². The number of benzene rings is 1. The van der Waals surface area contributed by atoms with Crippen LogP contribution in [0.3, 0.4) is 0 Å². The third-order valence-corrected chi connectivity index (χ3v) is 3.41. The van der Waals surface area contributed by atoms with Crippen molar-refractivity contribution in [2.24, 2.45) is 0 Å². The summed E-state index contributed by atoms with van der Waals surface area (Å²) in [4.78, 5) is 4.61. The first-order chi connectivity index (χ1) is 9.76. The molecule has 0 spiro atoms. The van der Waals surface area contributed by atoms with Crippen LogP contribution in [0.4, 0.5) is 5.95 Å². The molecule has 1 aromatic carbocycles. The molecule has 1 aromatic heterocycles. The molecule has 0 saturated carbocycles. The van der Waals surface area contributed by atoms with Gasteiger partial charge < -0.3 is 5.32 Å². The van der Waals surface area contributed by atoms with Crippen molar-refractivity contribution in [2.45, 2.75) is 46.5 Å². The zero-order valence-electron chi connectivity index (χ0n) is 12.8. The van der Waals surface area contributed by atoms with Gasteiger partial charge in [-0.1, -0.05) is 44.9 Å². The lowest BCUT2D eigenvalue weighted by molar-refractivity contribution is 0.821. The number of nitrogens with one attached hydrogen (secondary N) is 1. The summed E-state index contributed by atoms with van der Waals surface area (Å²) in [6.45, 7) is 7.44. The summed E-state index contributed by atoms with van der Waals surface area (Å²) in [6, 6.07) is 8.60. The van der Waals surface area contributed by atoms with Crippen molar-refractivity contribution in [3.63, 3.8) is 0 Å². The molecule has 0 bridgehead atoms. The smallest absolute Gasteiger partial charge is 0.207 e. The fourth-order valence-corrected chi connectivity index (χ4v) is 2.41. The van der Waals surface area contributed by atoms with E-state index in [-0.39, 0.29) is 0 Å². The van der Waals surface area contributed by atoms with Crippen LogP contribution in [0.15, 0.2) is 30.5 Å². The molecule has 3 nitrogen and oxygen atoms in total. The van der Waals surface area contributed by atoms with Gasteiger partial charge in [0.15, 0.2) is 0 Å². The Morgan fingerprint density at radius 2 is 1.95 bits per heavy atom. The maximum atomic E-state index is 4.61. The number of unbranched alkanes of at least 4 members (excludes halogenated alkanes) is 1. The minimum absolute atomic E-state index is 0.958. The fraction of sp³-hybridized carbons (Fsp3) is 0.471. The second-order valence-corrected chi connectivity index (χ2v) is 5.23. The van der Waals surface area contributed by atoms with Crippen LogP contribution < -0.4 is 5.32 Å². The van der Waals surface area contributed by atoms with E-state index in [4.69, 9.17) is 0 Å². The summed E-state index contributed by atoms with van der Waals surface area (Å²) < 4.78 is 2.19. The normalized spacial score (nSPS) is 10.8. The first-order valence-corrected chi connectivity index (χ1v) is 7.64. The van der Waals surface area contributed by atoms with Gasteiger partial charge in [-0.15, -0.1) is 0 Å². The Balaban J connectivity index is 2.32. The molecule has 0 unspecified atom stereocenters. The molecule has 2 aromatic rings. The summed E-state index contributed by atoms with van der Waals surface area (Å²) in [6.07, 6.45) is 6.73. The Hall–Kier alpha value is -1.77.